The predicted octanol–water partition coefficient (Wildman–Crippen LogP) is 2.22. The van der Waals surface area contributed by atoms with Crippen molar-refractivity contribution in [3.8, 4) is 0 Å². The highest BCUT2D eigenvalue weighted by atomic mass is 16.2. The van der Waals surface area contributed by atoms with E-state index in [1.54, 1.807) is 12.4 Å². The number of carbonyl (C=O) groups excluding carboxylic acids is 1. The lowest BCUT2D eigenvalue weighted by atomic mass is 10.2. The lowest BCUT2D eigenvalue weighted by molar-refractivity contribution is 0.194. The Kier molecular flexibility index (Phi) is 6.84. The highest BCUT2D eigenvalue weighted by Crippen LogP contribution is 2.13. The van der Waals surface area contributed by atoms with Crippen LogP contribution < -0.4 is 15.1 Å². The highest BCUT2D eigenvalue weighted by Gasteiger charge is 2.22. The van der Waals surface area contributed by atoms with Gasteiger partial charge in [-0.1, -0.05) is 18.2 Å². The van der Waals surface area contributed by atoms with Crippen LogP contribution in [0.1, 0.15) is 13.3 Å². The van der Waals surface area contributed by atoms with Crippen LogP contribution in [0.3, 0.4) is 0 Å². The Balaban J connectivity index is 1.36. The molecule has 1 aliphatic heterocycles. The number of aromatic nitrogens is 2. The number of piperazine rings is 1. The fraction of sp³-hybridized carbons (Fsp3) is 0.450. The number of hydrogen-bond donors (Lipinski definition) is 1. The van der Waals surface area contributed by atoms with Crippen molar-refractivity contribution in [2.45, 2.75) is 13.3 Å². The van der Waals surface area contributed by atoms with Gasteiger partial charge in [-0.3, -0.25) is 0 Å². The zero-order valence-electron chi connectivity index (χ0n) is 15.9. The zero-order valence-corrected chi connectivity index (χ0v) is 15.9. The van der Waals surface area contributed by atoms with E-state index in [1.165, 1.54) is 5.69 Å². The third-order valence-corrected chi connectivity index (χ3v) is 4.79. The molecule has 2 aromatic rings. The Morgan fingerprint density at radius 1 is 1.07 bits per heavy atom. The van der Waals surface area contributed by atoms with E-state index in [-0.39, 0.29) is 6.03 Å². The van der Waals surface area contributed by atoms with Crippen LogP contribution in [0.25, 0.3) is 0 Å². The van der Waals surface area contributed by atoms with Crippen LogP contribution in [-0.4, -0.2) is 66.7 Å². The van der Waals surface area contributed by atoms with E-state index in [2.05, 4.69) is 56.3 Å². The normalized spacial score (nSPS) is 14.1. The van der Waals surface area contributed by atoms with Gasteiger partial charge in [0.05, 0.1) is 0 Å². The van der Waals surface area contributed by atoms with Gasteiger partial charge in [0.15, 0.2) is 0 Å². The molecule has 0 radical (unpaired) electrons. The zero-order chi connectivity index (χ0) is 18.9. The predicted molar refractivity (Wildman–Crippen MR) is 108 cm³/mol. The molecule has 0 saturated carbocycles. The van der Waals surface area contributed by atoms with Gasteiger partial charge < -0.3 is 20.0 Å². The van der Waals surface area contributed by atoms with Crippen molar-refractivity contribution >= 4 is 17.7 Å². The van der Waals surface area contributed by atoms with E-state index in [4.69, 9.17) is 0 Å². The van der Waals surface area contributed by atoms with Crippen molar-refractivity contribution in [1.82, 2.24) is 20.2 Å². The quantitative estimate of drug-likeness (QED) is 0.759. The van der Waals surface area contributed by atoms with Gasteiger partial charge in [0.1, 0.15) is 0 Å². The third kappa shape index (κ3) is 5.32. The van der Waals surface area contributed by atoms with Crippen molar-refractivity contribution in [3.05, 3.63) is 48.8 Å². The topological polar surface area (TPSA) is 64.6 Å². The number of urea groups is 1. The summed E-state index contributed by atoms with van der Waals surface area (Å²) >= 11 is 0. The molecule has 27 heavy (non-hydrogen) atoms. The largest absolute Gasteiger partial charge is 0.372 e. The van der Waals surface area contributed by atoms with Gasteiger partial charge in [0.25, 0.3) is 0 Å². The molecule has 0 spiro atoms. The van der Waals surface area contributed by atoms with Crippen molar-refractivity contribution in [1.29, 1.82) is 0 Å². The summed E-state index contributed by atoms with van der Waals surface area (Å²) in [5.41, 5.74) is 1.23. The van der Waals surface area contributed by atoms with E-state index >= 15 is 0 Å². The Morgan fingerprint density at radius 3 is 2.44 bits per heavy atom. The highest BCUT2D eigenvalue weighted by molar-refractivity contribution is 5.74. The Labute approximate surface area is 161 Å². The maximum atomic E-state index is 12.4. The minimum atomic E-state index is 0.0198. The summed E-state index contributed by atoms with van der Waals surface area (Å²) < 4.78 is 0. The molecule has 144 valence electrons. The number of anilines is 2. The molecule has 3 rings (SSSR count). The second-order valence-corrected chi connectivity index (χ2v) is 6.52. The molecule has 7 heteroatoms. The Hall–Kier alpha value is -2.83. The monoisotopic (exact) mass is 368 g/mol. The van der Waals surface area contributed by atoms with Crippen molar-refractivity contribution < 1.29 is 4.79 Å². The van der Waals surface area contributed by atoms with Crippen molar-refractivity contribution in [2.75, 3.05) is 55.6 Å². The molecule has 1 saturated heterocycles. The minimum Gasteiger partial charge on any atom is -0.372 e. The Bertz CT molecular complexity index is 688. The molecule has 1 aliphatic rings. The number of benzene rings is 1. The van der Waals surface area contributed by atoms with E-state index in [1.807, 2.05) is 17.0 Å². The number of nitrogens with zero attached hydrogens (tertiary/aromatic N) is 5. The van der Waals surface area contributed by atoms with E-state index in [9.17, 15) is 4.79 Å². The third-order valence-electron chi connectivity index (χ3n) is 4.79. The van der Waals surface area contributed by atoms with Crippen LogP contribution in [0.4, 0.5) is 16.4 Å². The molecule has 1 aromatic carbocycles. The molecule has 0 atom stereocenters. The number of hydrogen-bond acceptors (Lipinski definition) is 5. The molecule has 1 aromatic heterocycles. The van der Waals surface area contributed by atoms with Crippen LogP contribution in [0.2, 0.25) is 0 Å². The molecule has 0 bridgehead atoms. The van der Waals surface area contributed by atoms with Gasteiger partial charge in [-0.15, -0.1) is 0 Å². The smallest absolute Gasteiger partial charge is 0.317 e. The number of nitrogens with one attached hydrogen (secondary N) is 1. The standard InChI is InChI=1S/C20H28N6O/c1-2-24(18-8-4-3-5-9-18)13-7-12-23-20(27)26-16-14-25(15-17-26)19-21-10-6-11-22-19/h3-6,8-11H,2,7,12-17H2,1H3,(H,23,27). The van der Waals surface area contributed by atoms with Gasteiger partial charge in [0, 0.05) is 63.9 Å². The fourth-order valence-corrected chi connectivity index (χ4v) is 3.25. The fourth-order valence-electron chi connectivity index (χ4n) is 3.25. The second-order valence-electron chi connectivity index (χ2n) is 6.52. The molecule has 1 fully saturated rings. The van der Waals surface area contributed by atoms with Crippen LogP contribution in [0.5, 0.6) is 0 Å². The minimum absolute atomic E-state index is 0.0198. The summed E-state index contributed by atoms with van der Waals surface area (Å²) in [6, 6.07) is 12.2. The first-order chi connectivity index (χ1) is 13.3. The van der Waals surface area contributed by atoms with Crippen molar-refractivity contribution in [2.24, 2.45) is 0 Å². The second kappa shape index (κ2) is 9.75. The summed E-state index contributed by atoms with van der Waals surface area (Å²) in [5.74, 6) is 0.734. The van der Waals surface area contributed by atoms with Crippen LogP contribution in [0, 0.1) is 0 Å². The summed E-state index contributed by atoms with van der Waals surface area (Å²) in [4.78, 5) is 27.2. The first-order valence-electron chi connectivity index (χ1n) is 9.62. The molecule has 7 nitrogen and oxygen atoms in total. The first kappa shape index (κ1) is 18.9. The van der Waals surface area contributed by atoms with Gasteiger partial charge in [0.2, 0.25) is 5.95 Å². The Morgan fingerprint density at radius 2 is 1.78 bits per heavy atom. The van der Waals surface area contributed by atoms with Gasteiger partial charge >= 0.3 is 6.03 Å². The number of carbonyl (C=O) groups is 1. The molecule has 1 N–H and O–H groups in total. The molecule has 0 unspecified atom stereocenters. The SMILES string of the molecule is CCN(CCCNC(=O)N1CCN(c2ncccn2)CC1)c1ccccc1. The summed E-state index contributed by atoms with van der Waals surface area (Å²) in [5, 5.41) is 3.05. The van der Waals surface area contributed by atoms with Gasteiger partial charge in [-0.05, 0) is 31.5 Å². The van der Waals surface area contributed by atoms with Crippen LogP contribution in [-0.2, 0) is 0 Å². The number of rotatable bonds is 7. The van der Waals surface area contributed by atoms with Gasteiger partial charge in [-0.25, -0.2) is 14.8 Å². The van der Waals surface area contributed by atoms with Crippen LogP contribution >= 0.6 is 0 Å². The summed E-state index contributed by atoms with van der Waals surface area (Å²) in [6.07, 6.45) is 4.42. The molecular weight excluding hydrogens is 340 g/mol. The van der Waals surface area contributed by atoms with E-state index < -0.39 is 0 Å². The molecule has 2 amide bonds. The van der Waals surface area contributed by atoms with Crippen LogP contribution in [0.15, 0.2) is 48.8 Å². The molecule has 2 heterocycles. The lowest BCUT2D eigenvalue weighted by Gasteiger charge is -2.34. The van der Waals surface area contributed by atoms with Crippen molar-refractivity contribution in [3.63, 3.8) is 0 Å². The van der Waals surface area contributed by atoms with Gasteiger partial charge in [-0.2, -0.15) is 0 Å². The lowest BCUT2D eigenvalue weighted by Crippen LogP contribution is -2.52. The van der Waals surface area contributed by atoms with E-state index in [0.29, 0.717) is 19.6 Å². The average Bonchev–Trinajstić information content (AvgIpc) is 2.75. The number of para-hydroxylation sites is 1. The maximum absolute atomic E-state index is 12.4. The van der Waals surface area contributed by atoms with E-state index in [0.717, 1.165) is 38.5 Å². The average molecular weight is 368 g/mol. The molecule has 0 aliphatic carbocycles. The molecular formula is C20H28N6O. The number of amides is 2. The first-order valence-corrected chi connectivity index (χ1v) is 9.62. The summed E-state index contributed by atoms with van der Waals surface area (Å²) in [6.45, 7) is 7.63. The maximum Gasteiger partial charge on any atom is 0.317 e. The summed E-state index contributed by atoms with van der Waals surface area (Å²) in [7, 11) is 0.